The summed E-state index contributed by atoms with van der Waals surface area (Å²) in [6, 6.07) is 0. The molecule has 1 atom stereocenters. The molecule has 26 heavy (non-hydrogen) atoms. The normalized spacial score (nSPS) is 15.1. The Morgan fingerprint density at radius 2 is 1.62 bits per heavy atom. The van der Waals surface area contributed by atoms with Gasteiger partial charge in [-0.2, -0.15) is 21.6 Å². The van der Waals surface area contributed by atoms with Gasteiger partial charge in [0.2, 0.25) is 0 Å². The van der Waals surface area contributed by atoms with E-state index in [0.717, 1.165) is 0 Å². The first kappa shape index (κ1) is 24.4. The van der Waals surface area contributed by atoms with Crippen LogP contribution in [0.25, 0.3) is 0 Å². The first-order valence-electron chi connectivity index (χ1n) is 7.74. The van der Waals surface area contributed by atoms with Crippen molar-refractivity contribution in [3.63, 3.8) is 0 Å². The van der Waals surface area contributed by atoms with E-state index in [-0.39, 0.29) is 13.0 Å². The number of hydrogen-bond donors (Lipinski definition) is 1. The van der Waals surface area contributed by atoms with Gasteiger partial charge in [-0.3, -0.25) is 4.18 Å². The number of esters is 1. The highest BCUT2D eigenvalue weighted by Crippen LogP contribution is 2.26. The van der Waals surface area contributed by atoms with E-state index in [1.807, 2.05) is 0 Å². The lowest BCUT2D eigenvalue weighted by Crippen LogP contribution is -2.56. The minimum Gasteiger partial charge on any atom is -0.464 e. The maximum absolute atomic E-state index is 12.3. The fraction of sp³-hybridized carbons (Fsp3) is 0.857. The van der Waals surface area contributed by atoms with Crippen molar-refractivity contribution in [2.45, 2.75) is 64.1 Å². The molecule has 154 valence electrons. The molecule has 1 amide bonds. The van der Waals surface area contributed by atoms with E-state index in [4.69, 9.17) is 9.47 Å². The number of alkyl halides is 3. The third-order valence-corrected chi connectivity index (χ3v) is 4.10. The highest BCUT2D eigenvalue weighted by Gasteiger charge is 2.48. The molecule has 0 fully saturated rings. The second kappa shape index (κ2) is 8.89. The van der Waals surface area contributed by atoms with Crippen molar-refractivity contribution in [2.75, 3.05) is 13.2 Å². The van der Waals surface area contributed by atoms with Crippen molar-refractivity contribution in [3.8, 4) is 0 Å². The van der Waals surface area contributed by atoms with Crippen LogP contribution in [-0.4, -0.2) is 50.3 Å². The van der Waals surface area contributed by atoms with Gasteiger partial charge >= 0.3 is 27.7 Å². The summed E-state index contributed by atoms with van der Waals surface area (Å²) >= 11 is 0. The van der Waals surface area contributed by atoms with Gasteiger partial charge in [0.05, 0.1) is 13.2 Å². The van der Waals surface area contributed by atoms with E-state index in [9.17, 15) is 31.2 Å². The molecule has 12 heteroatoms. The Morgan fingerprint density at radius 3 is 2.00 bits per heavy atom. The molecule has 0 heterocycles. The zero-order valence-corrected chi connectivity index (χ0v) is 16.0. The van der Waals surface area contributed by atoms with Gasteiger partial charge in [-0.25, -0.2) is 9.59 Å². The quantitative estimate of drug-likeness (QED) is 0.374. The fourth-order valence-corrected chi connectivity index (χ4v) is 2.22. The zero-order chi connectivity index (χ0) is 20.8. The van der Waals surface area contributed by atoms with Crippen LogP contribution in [-0.2, 0) is 28.6 Å². The van der Waals surface area contributed by atoms with Crippen molar-refractivity contribution in [1.29, 1.82) is 0 Å². The molecule has 0 bridgehead atoms. The second-order valence-corrected chi connectivity index (χ2v) is 7.86. The Morgan fingerprint density at radius 1 is 1.08 bits per heavy atom. The van der Waals surface area contributed by atoms with Gasteiger partial charge in [-0.05, 0) is 34.1 Å². The maximum Gasteiger partial charge on any atom is 0.523 e. The van der Waals surface area contributed by atoms with Crippen LogP contribution >= 0.6 is 0 Å². The molecule has 0 aromatic carbocycles. The summed E-state index contributed by atoms with van der Waals surface area (Å²) in [4.78, 5) is 24.2. The van der Waals surface area contributed by atoms with Gasteiger partial charge < -0.3 is 14.8 Å². The third kappa shape index (κ3) is 7.36. The van der Waals surface area contributed by atoms with E-state index in [1.54, 1.807) is 20.8 Å². The van der Waals surface area contributed by atoms with Crippen molar-refractivity contribution in [1.82, 2.24) is 5.32 Å². The van der Waals surface area contributed by atoms with Crippen molar-refractivity contribution in [3.05, 3.63) is 0 Å². The predicted molar refractivity (Wildman–Crippen MR) is 84.6 cm³/mol. The van der Waals surface area contributed by atoms with Crippen LogP contribution in [0.2, 0.25) is 0 Å². The van der Waals surface area contributed by atoms with E-state index in [0.29, 0.717) is 0 Å². The first-order chi connectivity index (χ1) is 11.6. The van der Waals surface area contributed by atoms with E-state index in [1.165, 1.54) is 13.8 Å². The Bertz CT molecular complexity index is 599. The van der Waals surface area contributed by atoms with Crippen LogP contribution < -0.4 is 5.32 Å². The average molecular weight is 407 g/mol. The van der Waals surface area contributed by atoms with Crippen molar-refractivity contribution >= 4 is 22.2 Å². The first-order valence-corrected chi connectivity index (χ1v) is 9.15. The molecule has 0 saturated carbocycles. The summed E-state index contributed by atoms with van der Waals surface area (Å²) in [6.07, 6.45) is -1.68. The standard InChI is InChI=1S/C14H24F3NO7S/c1-6-13(10(19)23-7-2,18-11(20)25-12(3,4)5)8-9-24-26(21,22)14(15,16)17/h6-9H2,1-5H3,(H,18,20)/t13-/m1/s1. The van der Waals surface area contributed by atoms with Crippen LogP contribution in [0.15, 0.2) is 0 Å². The van der Waals surface area contributed by atoms with Gasteiger partial charge in [0.15, 0.2) is 0 Å². The summed E-state index contributed by atoms with van der Waals surface area (Å²) in [6.45, 7) is 6.63. The number of hydrogen-bond acceptors (Lipinski definition) is 7. The summed E-state index contributed by atoms with van der Waals surface area (Å²) in [5, 5.41) is 2.25. The predicted octanol–water partition coefficient (Wildman–Crippen LogP) is 2.48. The number of carbonyl (C=O) groups excluding carboxylic acids is 2. The summed E-state index contributed by atoms with van der Waals surface area (Å²) in [5.74, 6) is -0.943. The fourth-order valence-electron chi connectivity index (χ4n) is 1.79. The van der Waals surface area contributed by atoms with Gasteiger partial charge in [0.1, 0.15) is 11.1 Å². The van der Waals surface area contributed by atoms with Gasteiger partial charge in [-0.15, -0.1) is 0 Å². The minimum atomic E-state index is -5.82. The maximum atomic E-state index is 12.3. The summed E-state index contributed by atoms with van der Waals surface area (Å²) in [7, 11) is -5.82. The lowest BCUT2D eigenvalue weighted by molar-refractivity contribution is -0.152. The Kier molecular flexibility index (Phi) is 8.36. The molecule has 0 spiro atoms. The number of rotatable bonds is 8. The van der Waals surface area contributed by atoms with E-state index in [2.05, 4.69) is 9.50 Å². The molecule has 0 unspecified atom stereocenters. The van der Waals surface area contributed by atoms with Gasteiger partial charge in [0.25, 0.3) is 0 Å². The molecule has 0 aliphatic rings. The van der Waals surface area contributed by atoms with Crippen LogP contribution in [0.5, 0.6) is 0 Å². The number of carbonyl (C=O) groups is 2. The Labute approximate surface area is 150 Å². The lowest BCUT2D eigenvalue weighted by atomic mass is 9.92. The Balaban J connectivity index is 5.34. The minimum absolute atomic E-state index is 0.0573. The topological polar surface area (TPSA) is 108 Å². The molecule has 0 radical (unpaired) electrons. The molecule has 1 N–H and O–H groups in total. The monoisotopic (exact) mass is 407 g/mol. The largest absolute Gasteiger partial charge is 0.523 e. The van der Waals surface area contributed by atoms with Crippen LogP contribution in [0.1, 0.15) is 47.5 Å². The summed E-state index contributed by atoms with van der Waals surface area (Å²) < 4.78 is 72.6. The molecule has 0 saturated heterocycles. The zero-order valence-electron chi connectivity index (χ0n) is 15.2. The van der Waals surface area contributed by atoms with Crippen LogP contribution in [0, 0.1) is 0 Å². The second-order valence-electron chi connectivity index (χ2n) is 6.25. The molecule has 0 aliphatic carbocycles. The van der Waals surface area contributed by atoms with E-state index < -0.39 is 51.9 Å². The van der Waals surface area contributed by atoms with Crippen LogP contribution in [0.3, 0.4) is 0 Å². The Hall–Kier alpha value is -1.56. The van der Waals surface area contributed by atoms with Gasteiger partial charge in [-0.1, -0.05) is 6.92 Å². The average Bonchev–Trinajstić information content (AvgIpc) is 2.42. The highest BCUT2D eigenvalue weighted by atomic mass is 32.2. The number of amides is 1. The number of alkyl carbamates (subject to hydrolysis) is 1. The molecule has 8 nitrogen and oxygen atoms in total. The molecule has 0 aromatic heterocycles. The number of nitrogens with one attached hydrogen (secondary N) is 1. The van der Waals surface area contributed by atoms with Crippen LogP contribution in [0.4, 0.5) is 18.0 Å². The van der Waals surface area contributed by atoms with Gasteiger partial charge in [0, 0.05) is 6.42 Å². The third-order valence-electron chi connectivity index (χ3n) is 3.06. The van der Waals surface area contributed by atoms with Crippen molar-refractivity contribution in [2.24, 2.45) is 0 Å². The molecule has 0 rings (SSSR count). The molecule has 0 aliphatic heterocycles. The smallest absolute Gasteiger partial charge is 0.464 e. The number of halogens is 3. The summed E-state index contributed by atoms with van der Waals surface area (Å²) in [5.41, 5.74) is -8.29. The molecular formula is C14H24F3NO7S. The SMILES string of the molecule is CCOC(=O)[C@@](CC)(CCOS(=O)(=O)C(F)(F)F)NC(=O)OC(C)(C)C. The lowest BCUT2D eigenvalue weighted by Gasteiger charge is -2.32. The van der Waals surface area contributed by atoms with E-state index >= 15 is 0 Å². The highest BCUT2D eigenvalue weighted by molar-refractivity contribution is 7.87. The van der Waals surface area contributed by atoms with Crippen molar-refractivity contribution < 1.29 is 44.8 Å². The molecular weight excluding hydrogens is 383 g/mol. The number of ether oxygens (including phenoxy) is 2. The molecule has 0 aromatic rings.